The third kappa shape index (κ3) is 3.99. The number of rotatable bonds is 6. The van der Waals surface area contributed by atoms with Crippen LogP contribution in [0.4, 0.5) is 0 Å². The average molecular weight is 403 g/mol. The van der Waals surface area contributed by atoms with Gasteiger partial charge >= 0.3 is 0 Å². The topological polar surface area (TPSA) is 81.6 Å². The summed E-state index contributed by atoms with van der Waals surface area (Å²) in [6.07, 6.45) is 2.03. The normalized spacial score (nSPS) is 23.4. The molecule has 8 heteroatoms. The number of nitrogens with one attached hydrogen (secondary N) is 1. The second kappa shape index (κ2) is 8.49. The van der Waals surface area contributed by atoms with Crippen molar-refractivity contribution in [2.75, 3.05) is 47.0 Å². The molecule has 0 radical (unpaired) electrons. The number of methoxy groups -OCH3 is 2. The maximum Gasteiger partial charge on any atom is 0.219 e. The molecule has 0 aromatic heterocycles. The number of nitrogens with zero attached hydrogens (tertiary/aromatic N) is 2. The van der Waals surface area contributed by atoms with Crippen LogP contribution in [0, 0.1) is 11.8 Å². The van der Waals surface area contributed by atoms with Crippen LogP contribution >= 0.6 is 0 Å². The van der Waals surface area contributed by atoms with E-state index in [-0.39, 0.29) is 17.9 Å². The highest BCUT2D eigenvalue weighted by atomic mass is 16.6. The van der Waals surface area contributed by atoms with E-state index in [1.165, 1.54) is 0 Å². The van der Waals surface area contributed by atoms with Gasteiger partial charge < -0.3 is 29.3 Å². The van der Waals surface area contributed by atoms with Gasteiger partial charge in [-0.15, -0.1) is 0 Å². The fourth-order valence-electron chi connectivity index (χ4n) is 4.30. The summed E-state index contributed by atoms with van der Waals surface area (Å²) in [5.41, 5.74) is 1.81. The Labute approximate surface area is 171 Å². The summed E-state index contributed by atoms with van der Waals surface area (Å²) in [7, 11) is 3.23. The van der Waals surface area contributed by atoms with Crippen LogP contribution in [0.5, 0.6) is 17.2 Å². The van der Waals surface area contributed by atoms with E-state index in [2.05, 4.69) is 10.5 Å². The Morgan fingerprint density at radius 2 is 1.93 bits per heavy atom. The molecule has 1 N–H and O–H groups in total. The molecule has 1 aromatic carbocycles. The number of ether oxygens (including phenoxy) is 3. The van der Waals surface area contributed by atoms with Gasteiger partial charge in [-0.25, -0.2) is 0 Å². The molecule has 3 heterocycles. The lowest BCUT2D eigenvalue weighted by molar-refractivity contribution is -0.130. The number of oxime groups is 1. The van der Waals surface area contributed by atoms with Crippen molar-refractivity contribution in [1.29, 1.82) is 0 Å². The van der Waals surface area contributed by atoms with Gasteiger partial charge in [0.05, 0.1) is 20.1 Å². The molecule has 3 aliphatic rings. The fourth-order valence-corrected chi connectivity index (χ4v) is 4.30. The van der Waals surface area contributed by atoms with Crippen LogP contribution in [0.2, 0.25) is 0 Å². The maximum absolute atomic E-state index is 11.4. The molecule has 1 aromatic rings. The zero-order chi connectivity index (χ0) is 20.4. The van der Waals surface area contributed by atoms with Crippen molar-refractivity contribution in [3.05, 3.63) is 17.7 Å². The quantitative estimate of drug-likeness (QED) is 0.778. The van der Waals surface area contributed by atoms with Crippen LogP contribution in [0.15, 0.2) is 17.3 Å². The van der Waals surface area contributed by atoms with E-state index in [0.717, 1.165) is 56.0 Å². The van der Waals surface area contributed by atoms with E-state index in [0.29, 0.717) is 24.0 Å². The van der Waals surface area contributed by atoms with Gasteiger partial charge in [0.2, 0.25) is 5.91 Å². The van der Waals surface area contributed by atoms with Crippen molar-refractivity contribution >= 4 is 11.6 Å². The highest BCUT2D eigenvalue weighted by Gasteiger charge is 2.40. The van der Waals surface area contributed by atoms with Crippen molar-refractivity contribution in [3.8, 4) is 17.2 Å². The van der Waals surface area contributed by atoms with Crippen molar-refractivity contribution < 1.29 is 23.8 Å². The summed E-state index contributed by atoms with van der Waals surface area (Å²) < 4.78 is 16.8. The Bertz CT molecular complexity index is 789. The summed E-state index contributed by atoms with van der Waals surface area (Å²) in [5.74, 6) is 2.88. The number of amides is 1. The standard InChI is InChI=1S/C21H29N3O5/c1-13(25)24-6-4-14(5-7-24)10-22-11-20-16-12-28-17-9-19(27-3)18(26-2)8-15(17)21(16)23-29-20/h8-9,14,16,20,22H,4-7,10-12H2,1-3H3. The summed E-state index contributed by atoms with van der Waals surface area (Å²) in [4.78, 5) is 19.1. The molecule has 0 spiro atoms. The Hall–Kier alpha value is -2.48. The molecular weight excluding hydrogens is 374 g/mol. The molecule has 1 amide bonds. The van der Waals surface area contributed by atoms with E-state index in [9.17, 15) is 4.79 Å². The lowest BCUT2D eigenvalue weighted by Gasteiger charge is -2.31. The summed E-state index contributed by atoms with van der Waals surface area (Å²) in [5, 5.41) is 7.90. The van der Waals surface area contributed by atoms with E-state index >= 15 is 0 Å². The number of hydrogen-bond acceptors (Lipinski definition) is 7. The molecular formula is C21H29N3O5. The first kappa shape index (κ1) is 19.8. The highest BCUT2D eigenvalue weighted by molar-refractivity contribution is 6.06. The van der Waals surface area contributed by atoms with Gasteiger partial charge in [-0.1, -0.05) is 5.16 Å². The molecule has 0 saturated carbocycles. The van der Waals surface area contributed by atoms with Gasteiger partial charge in [-0.3, -0.25) is 4.79 Å². The molecule has 158 valence electrons. The number of likely N-dealkylation sites (tertiary alicyclic amines) is 1. The summed E-state index contributed by atoms with van der Waals surface area (Å²) in [6.45, 7) is 5.53. The van der Waals surface area contributed by atoms with Crippen LogP contribution < -0.4 is 19.5 Å². The molecule has 0 bridgehead atoms. The number of benzene rings is 1. The van der Waals surface area contributed by atoms with E-state index in [1.807, 2.05) is 17.0 Å². The lowest BCUT2D eigenvalue weighted by Crippen LogP contribution is -2.43. The number of piperidine rings is 1. The van der Waals surface area contributed by atoms with Gasteiger partial charge in [0.15, 0.2) is 17.6 Å². The van der Waals surface area contributed by atoms with Crippen molar-refractivity contribution in [2.24, 2.45) is 17.0 Å². The lowest BCUT2D eigenvalue weighted by atomic mass is 9.90. The van der Waals surface area contributed by atoms with Crippen LogP contribution in [0.1, 0.15) is 25.3 Å². The first-order chi connectivity index (χ1) is 14.1. The minimum absolute atomic E-state index is 0.0523. The third-order valence-electron chi connectivity index (χ3n) is 6.10. The molecule has 2 atom stereocenters. The summed E-state index contributed by atoms with van der Waals surface area (Å²) >= 11 is 0. The minimum atomic E-state index is -0.0523. The molecule has 2 unspecified atom stereocenters. The molecule has 1 fully saturated rings. The predicted octanol–water partition coefficient (Wildman–Crippen LogP) is 1.66. The van der Waals surface area contributed by atoms with Crippen LogP contribution in [0.25, 0.3) is 0 Å². The first-order valence-electron chi connectivity index (χ1n) is 10.2. The second-order valence-corrected chi connectivity index (χ2v) is 7.85. The molecule has 0 aliphatic carbocycles. The van der Waals surface area contributed by atoms with Crippen molar-refractivity contribution in [2.45, 2.75) is 25.9 Å². The van der Waals surface area contributed by atoms with Gasteiger partial charge in [-0.2, -0.15) is 0 Å². The number of hydrogen-bond donors (Lipinski definition) is 1. The zero-order valence-electron chi connectivity index (χ0n) is 17.3. The Morgan fingerprint density at radius 3 is 2.62 bits per heavy atom. The molecule has 29 heavy (non-hydrogen) atoms. The second-order valence-electron chi connectivity index (χ2n) is 7.85. The number of fused-ring (bicyclic) bond motifs is 3. The fraction of sp³-hybridized carbons (Fsp3) is 0.619. The maximum atomic E-state index is 11.4. The van der Waals surface area contributed by atoms with E-state index in [4.69, 9.17) is 19.0 Å². The smallest absolute Gasteiger partial charge is 0.219 e. The van der Waals surface area contributed by atoms with E-state index < -0.39 is 0 Å². The van der Waals surface area contributed by atoms with Gasteiger partial charge in [-0.05, 0) is 31.4 Å². The molecule has 3 aliphatic heterocycles. The average Bonchev–Trinajstić information content (AvgIpc) is 3.16. The molecule has 8 nitrogen and oxygen atoms in total. The SMILES string of the molecule is COc1cc2c(cc1OC)C1=NOC(CNCC3CCN(C(C)=O)CC3)C1CO2. The highest BCUT2D eigenvalue weighted by Crippen LogP contribution is 2.40. The van der Waals surface area contributed by atoms with Crippen molar-refractivity contribution in [3.63, 3.8) is 0 Å². The number of carbonyl (C=O) groups is 1. The van der Waals surface area contributed by atoms with Crippen molar-refractivity contribution in [1.82, 2.24) is 10.2 Å². The third-order valence-corrected chi connectivity index (χ3v) is 6.10. The Balaban J connectivity index is 1.32. The minimum Gasteiger partial charge on any atom is -0.493 e. The van der Waals surface area contributed by atoms with Gasteiger partial charge in [0.1, 0.15) is 18.1 Å². The van der Waals surface area contributed by atoms with Crippen LogP contribution in [-0.4, -0.2) is 69.6 Å². The van der Waals surface area contributed by atoms with Crippen LogP contribution in [-0.2, 0) is 9.63 Å². The zero-order valence-corrected chi connectivity index (χ0v) is 17.3. The monoisotopic (exact) mass is 403 g/mol. The first-order valence-corrected chi connectivity index (χ1v) is 10.2. The van der Waals surface area contributed by atoms with Crippen LogP contribution in [0.3, 0.4) is 0 Å². The Morgan fingerprint density at radius 1 is 1.21 bits per heavy atom. The molecule has 1 saturated heterocycles. The van der Waals surface area contributed by atoms with E-state index in [1.54, 1.807) is 21.1 Å². The largest absolute Gasteiger partial charge is 0.493 e. The van der Waals surface area contributed by atoms with Gasteiger partial charge in [0.25, 0.3) is 0 Å². The number of carbonyl (C=O) groups excluding carboxylic acids is 1. The van der Waals surface area contributed by atoms with Gasteiger partial charge in [0, 0.05) is 38.2 Å². The Kier molecular flexibility index (Phi) is 5.80. The summed E-state index contributed by atoms with van der Waals surface area (Å²) in [6, 6.07) is 3.74. The molecule has 4 rings (SSSR count). The predicted molar refractivity (Wildman–Crippen MR) is 108 cm³/mol.